The summed E-state index contributed by atoms with van der Waals surface area (Å²) >= 11 is 5.76. The van der Waals surface area contributed by atoms with Gasteiger partial charge in [0.1, 0.15) is 0 Å². The fourth-order valence-corrected chi connectivity index (χ4v) is 1.89. The largest absolute Gasteiger partial charge is 0.316 e. The molecule has 3 nitrogen and oxygen atoms in total. The Balaban J connectivity index is 1.78. The molecule has 1 aromatic rings. The second-order valence-corrected chi connectivity index (χ2v) is 4.01. The monoisotopic (exact) mass is 199 g/mol. The lowest BCUT2D eigenvalue weighted by Gasteiger charge is -2.07. The van der Waals surface area contributed by atoms with Crippen LogP contribution in [0.1, 0.15) is 12.8 Å². The number of rotatable bonds is 3. The van der Waals surface area contributed by atoms with Gasteiger partial charge in [-0.15, -0.1) is 0 Å². The first kappa shape index (κ1) is 9.03. The molecule has 0 radical (unpaired) electrons. The lowest BCUT2D eigenvalue weighted by atomic mass is 10.1. The number of hydrogen-bond donors (Lipinski definition) is 1. The van der Waals surface area contributed by atoms with Gasteiger partial charge in [0.05, 0.1) is 11.2 Å². The third kappa shape index (κ3) is 2.45. The Morgan fingerprint density at radius 3 is 3.23 bits per heavy atom. The molecule has 1 aliphatic heterocycles. The zero-order valence-electron chi connectivity index (χ0n) is 7.54. The molecule has 0 bridgehead atoms. The van der Waals surface area contributed by atoms with Crippen LogP contribution in [0, 0.1) is 5.92 Å². The molecule has 1 aliphatic rings. The van der Waals surface area contributed by atoms with E-state index in [1.54, 1.807) is 6.20 Å². The Hall–Kier alpha value is -0.540. The van der Waals surface area contributed by atoms with Crippen LogP contribution in [0.2, 0.25) is 5.02 Å². The summed E-state index contributed by atoms with van der Waals surface area (Å²) in [7, 11) is 0. The predicted octanol–water partition coefficient (Wildman–Crippen LogP) is 1.54. The van der Waals surface area contributed by atoms with Gasteiger partial charge < -0.3 is 5.32 Å². The van der Waals surface area contributed by atoms with Crippen molar-refractivity contribution >= 4 is 11.6 Å². The third-order valence-electron chi connectivity index (χ3n) is 2.53. The Morgan fingerprint density at radius 2 is 2.62 bits per heavy atom. The van der Waals surface area contributed by atoms with Gasteiger partial charge in [-0.2, -0.15) is 5.10 Å². The number of hydrogen-bond acceptors (Lipinski definition) is 2. The lowest BCUT2D eigenvalue weighted by molar-refractivity contribution is 0.458. The number of aryl methyl sites for hydroxylation is 1. The van der Waals surface area contributed by atoms with Crippen molar-refractivity contribution in [2.45, 2.75) is 19.4 Å². The van der Waals surface area contributed by atoms with E-state index in [0.29, 0.717) is 0 Å². The first-order valence-electron chi connectivity index (χ1n) is 4.73. The molecule has 1 saturated heterocycles. The van der Waals surface area contributed by atoms with Crippen molar-refractivity contribution in [1.29, 1.82) is 0 Å². The number of halogens is 1. The van der Waals surface area contributed by atoms with Gasteiger partial charge in [-0.3, -0.25) is 4.68 Å². The molecule has 2 rings (SSSR count). The van der Waals surface area contributed by atoms with E-state index >= 15 is 0 Å². The SMILES string of the molecule is Clc1cnn(CCC2CCNC2)c1. The van der Waals surface area contributed by atoms with Crippen molar-refractivity contribution in [3.63, 3.8) is 0 Å². The minimum absolute atomic E-state index is 0.726. The van der Waals surface area contributed by atoms with Gasteiger partial charge in [0.15, 0.2) is 0 Å². The maximum absolute atomic E-state index is 5.76. The predicted molar refractivity (Wildman–Crippen MR) is 52.8 cm³/mol. The molecule has 1 aromatic heterocycles. The molecule has 0 amide bonds. The maximum atomic E-state index is 5.76. The third-order valence-corrected chi connectivity index (χ3v) is 2.73. The van der Waals surface area contributed by atoms with Gasteiger partial charge in [-0.25, -0.2) is 0 Å². The number of nitrogens with zero attached hydrogens (tertiary/aromatic N) is 2. The van der Waals surface area contributed by atoms with Crippen LogP contribution in [-0.2, 0) is 6.54 Å². The summed E-state index contributed by atoms with van der Waals surface area (Å²) < 4.78 is 1.92. The minimum Gasteiger partial charge on any atom is -0.316 e. The van der Waals surface area contributed by atoms with E-state index < -0.39 is 0 Å². The zero-order valence-corrected chi connectivity index (χ0v) is 8.30. The summed E-state index contributed by atoms with van der Waals surface area (Å²) in [5, 5.41) is 8.23. The van der Waals surface area contributed by atoms with E-state index in [1.165, 1.54) is 19.4 Å². The van der Waals surface area contributed by atoms with Crippen LogP contribution in [0.5, 0.6) is 0 Å². The van der Waals surface area contributed by atoms with Crippen LogP contribution in [0.25, 0.3) is 0 Å². The highest BCUT2D eigenvalue weighted by molar-refractivity contribution is 6.30. The van der Waals surface area contributed by atoms with Crippen molar-refractivity contribution < 1.29 is 0 Å². The Kier molecular flexibility index (Phi) is 2.86. The molecular weight excluding hydrogens is 186 g/mol. The smallest absolute Gasteiger partial charge is 0.0785 e. The molecule has 1 atom stereocenters. The van der Waals surface area contributed by atoms with Crippen LogP contribution in [0.15, 0.2) is 12.4 Å². The molecule has 0 aromatic carbocycles. The molecule has 1 unspecified atom stereocenters. The van der Waals surface area contributed by atoms with Crippen molar-refractivity contribution in [3.8, 4) is 0 Å². The van der Waals surface area contributed by atoms with Gasteiger partial charge in [-0.1, -0.05) is 11.6 Å². The Labute approximate surface area is 83.1 Å². The van der Waals surface area contributed by atoms with Crippen LogP contribution >= 0.6 is 11.6 Å². The molecule has 72 valence electrons. The van der Waals surface area contributed by atoms with Crippen molar-refractivity contribution in [3.05, 3.63) is 17.4 Å². The second kappa shape index (κ2) is 4.11. The molecule has 1 fully saturated rings. The van der Waals surface area contributed by atoms with E-state index in [0.717, 1.165) is 24.0 Å². The van der Waals surface area contributed by atoms with Crippen LogP contribution < -0.4 is 5.32 Å². The van der Waals surface area contributed by atoms with Crippen molar-refractivity contribution in [2.24, 2.45) is 5.92 Å². The number of aromatic nitrogens is 2. The zero-order chi connectivity index (χ0) is 9.10. The van der Waals surface area contributed by atoms with Crippen LogP contribution in [-0.4, -0.2) is 22.9 Å². The molecule has 13 heavy (non-hydrogen) atoms. The highest BCUT2D eigenvalue weighted by Gasteiger charge is 2.13. The van der Waals surface area contributed by atoms with Crippen LogP contribution in [0.3, 0.4) is 0 Å². The topological polar surface area (TPSA) is 29.9 Å². The maximum Gasteiger partial charge on any atom is 0.0785 e. The van der Waals surface area contributed by atoms with E-state index in [-0.39, 0.29) is 0 Å². The first-order chi connectivity index (χ1) is 6.34. The molecule has 0 spiro atoms. The molecule has 0 aliphatic carbocycles. The molecule has 4 heteroatoms. The summed E-state index contributed by atoms with van der Waals surface area (Å²) in [4.78, 5) is 0. The van der Waals surface area contributed by atoms with Gasteiger partial charge >= 0.3 is 0 Å². The normalized spacial score (nSPS) is 22.4. The first-order valence-corrected chi connectivity index (χ1v) is 5.11. The van der Waals surface area contributed by atoms with Crippen molar-refractivity contribution in [2.75, 3.05) is 13.1 Å². The van der Waals surface area contributed by atoms with E-state index in [1.807, 2.05) is 10.9 Å². The Morgan fingerprint density at radius 1 is 1.69 bits per heavy atom. The summed E-state index contributed by atoms with van der Waals surface area (Å²) in [6, 6.07) is 0. The summed E-state index contributed by atoms with van der Waals surface area (Å²) in [6.07, 6.45) is 6.07. The minimum atomic E-state index is 0.726. The molecule has 0 saturated carbocycles. The van der Waals surface area contributed by atoms with E-state index in [2.05, 4.69) is 10.4 Å². The highest BCUT2D eigenvalue weighted by atomic mass is 35.5. The van der Waals surface area contributed by atoms with Gasteiger partial charge in [0.2, 0.25) is 0 Å². The summed E-state index contributed by atoms with van der Waals surface area (Å²) in [6.45, 7) is 3.32. The van der Waals surface area contributed by atoms with Gasteiger partial charge in [0.25, 0.3) is 0 Å². The lowest BCUT2D eigenvalue weighted by Crippen LogP contribution is -2.11. The van der Waals surface area contributed by atoms with Gasteiger partial charge in [0, 0.05) is 12.7 Å². The number of nitrogens with one attached hydrogen (secondary N) is 1. The summed E-state index contributed by atoms with van der Waals surface area (Å²) in [5.74, 6) is 0.822. The van der Waals surface area contributed by atoms with Gasteiger partial charge in [-0.05, 0) is 31.8 Å². The standard InChI is InChI=1S/C9H14ClN3/c10-9-6-12-13(7-9)4-2-8-1-3-11-5-8/h6-8,11H,1-5H2. The average molecular weight is 200 g/mol. The molecule has 1 N–H and O–H groups in total. The van der Waals surface area contributed by atoms with E-state index in [4.69, 9.17) is 11.6 Å². The van der Waals surface area contributed by atoms with Crippen molar-refractivity contribution in [1.82, 2.24) is 15.1 Å². The molecular formula is C9H14ClN3. The molecule has 2 heterocycles. The van der Waals surface area contributed by atoms with E-state index in [9.17, 15) is 0 Å². The quantitative estimate of drug-likeness (QED) is 0.801. The van der Waals surface area contributed by atoms with Crippen LogP contribution in [0.4, 0.5) is 0 Å². The second-order valence-electron chi connectivity index (χ2n) is 3.57. The summed E-state index contributed by atoms with van der Waals surface area (Å²) in [5.41, 5.74) is 0. The fourth-order valence-electron chi connectivity index (χ4n) is 1.74. The Bertz CT molecular complexity index is 266. The highest BCUT2D eigenvalue weighted by Crippen LogP contribution is 2.13. The average Bonchev–Trinajstić information content (AvgIpc) is 2.71. The fraction of sp³-hybridized carbons (Fsp3) is 0.667.